The van der Waals surface area contributed by atoms with Gasteiger partial charge in [0.1, 0.15) is 0 Å². The van der Waals surface area contributed by atoms with Gasteiger partial charge in [0.05, 0.1) is 0 Å². The molecule has 3 heterocycles. The molecule has 0 bridgehead atoms. The Morgan fingerprint density at radius 2 is 0.554 bits per heavy atom. The van der Waals surface area contributed by atoms with Crippen molar-refractivity contribution in [1.29, 1.82) is 0 Å². The number of nitrogens with zero attached hydrogens (tertiary/aromatic N) is 3. The Kier molecular flexibility index (Phi) is 19.3. The SMILES string of the molecule is CC(C)(C)c1ccnc(-c2[c-]cc(-c3ccccc3-c3cc(-c4ccccc4-c4c[c-]c(-c5ccccn5)cc4-c4ccccc4)cc(-c4ccccc4-c4c[c-]c(-c5cc(C(C)(C)C)ccn5)cc4-c4cccc(-c5cccc(Cl)c5)c4)c3)c(-c3cccc(-c4cccc(Cl)c4)c3)c2)c1.[Ir+3]. The van der Waals surface area contributed by atoms with Gasteiger partial charge in [0, 0.05) is 28.6 Å². The van der Waals surface area contributed by atoms with Gasteiger partial charge in [-0.05, 0) is 184 Å². The Bertz CT molecular complexity index is 5300. The molecule has 0 amide bonds. The topological polar surface area (TPSA) is 38.7 Å². The molecular weight excluding hydrogens is 1450 g/mol. The minimum Gasteiger partial charge on any atom is -0.305 e. The predicted octanol–water partition coefficient (Wildman–Crippen LogP) is 26.5. The summed E-state index contributed by atoms with van der Waals surface area (Å²) in [5.41, 5.74) is 30.7. The molecule has 0 spiro atoms. The minimum absolute atomic E-state index is 0. The summed E-state index contributed by atoms with van der Waals surface area (Å²) < 4.78 is 0. The van der Waals surface area contributed by atoms with Crippen molar-refractivity contribution in [1.82, 2.24) is 15.0 Å². The van der Waals surface area contributed by atoms with E-state index < -0.39 is 0 Å². The number of benzene rings is 12. The zero-order valence-corrected chi connectivity index (χ0v) is 60.9. The maximum absolute atomic E-state index is 6.69. The molecule has 0 N–H and O–H groups in total. The first-order chi connectivity index (χ1) is 48.6. The number of halogens is 2. The molecule has 3 nitrogen and oxygen atoms in total. The van der Waals surface area contributed by atoms with Gasteiger partial charge in [0.2, 0.25) is 0 Å². The van der Waals surface area contributed by atoms with Gasteiger partial charge >= 0.3 is 20.1 Å². The van der Waals surface area contributed by atoms with Crippen LogP contribution in [-0.2, 0) is 30.9 Å². The molecule has 15 aromatic rings. The summed E-state index contributed by atoms with van der Waals surface area (Å²) >= 11 is 13.4. The summed E-state index contributed by atoms with van der Waals surface area (Å²) in [5, 5.41) is 1.37. The van der Waals surface area contributed by atoms with E-state index in [2.05, 4.69) is 302 Å². The number of hydrogen-bond donors (Lipinski definition) is 0. The van der Waals surface area contributed by atoms with E-state index in [1.54, 1.807) is 0 Å². The van der Waals surface area contributed by atoms with Gasteiger partial charge in [-0.15, -0.1) is 71.3 Å². The third-order valence-corrected chi connectivity index (χ3v) is 19.3. The number of rotatable bonds is 14. The van der Waals surface area contributed by atoms with E-state index in [-0.39, 0.29) is 30.9 Å². The predicted molar refractivity (Wildman–Crippen MR) is 420 cm³/mol. The van der Waals surface area contributed by atoms with Gasteiger partial charge in [-0.3, -0.25) is 0 Å². The van der Waals surface area contributed by atoms with Crippen LogP contribution in [0.4, 0.5) is 0 Å². The molecule has 0 fully saturated rings. The molecule has 3 aromatic heterocycles. The normalized spacial score (nSPS) is 11.5. The Morgan fingerprint density at radius 1 is 0.238 bits per heavy atom. The molecular formula is C95H70Cl2IrN3. The van der Waals surface area contributed by atoms with Gasteiger partial charge in [0.25, 0.3) is 0 Å². The Balaban J connectivity index is 0.00000866. The third kappa shape index (κ3) is 14.4. The fraction of sp³-hybridized carbons (Fsp3) is 0.0842. The van der Waals surface area contributed by atoms with E-state index in [0.717, 1.165) is 156 Å². The molecule has 488 valence electrons. The van der Waals surface area contributed by atoms with Gasteiger partial charge in [-0.1, -0.05) is 303 Å². The molecule has 12 aromatic carbocycles. The maximum Gasteiger partial charge on any atom is 3.00 e. The number of aromatic nitrogens is 3. The van der Waals surface area contributed by atoms with Crippen molar-refractivity contribution < 1.29 is 20.1 Å². The summed E-state index contributed by atoms with van der Waals surface area (Å²) in [6, 6.07) is 117. The molecule has 101 heavy (non-hydrogen) atoms. The Hall–Kier alpha value is -10.7. The maximum atomic E-state index is 6.69. The van der Waals surface area contributed by atoms with Crippen molar-refractivity contribution in [2.75, 3.05) is 0 Å². The molecule has 6 heteroatoms. The van der Waals surface area contributed by atoms with Crippen LogP contribution in [0.15, 0.2) is 316 Å². The standard InChI is InChI=1S/C95H70Cl2N3.Ir/c1-94(2,3)75-45-48-99-92(60-75)70-40-43-86(89(58-70)67-28-18-24-63(50-67)65-26-20-30-77(96)55-65)83-36-14-11-33-80(83)73-52-72(79-32-10-13-35-82(79)85-42-39-69(91-38-16-17-47-98-91)57-88(85)62-22-8-7-9-23-62)53-74(54-73)81-34-12-15-37-84(81)87-44-41-71(93-61-76(46-49-100-93)95(4,5)6)59-90(87)68-29-19-25-64(51-68)66-27-21-31-78(97)56-66;/h7-38,42-61H,1-6H3;/q-3;+3. The van der Waals surface area contributed by atoms with Crippen LogP contribution in [0.1, 0.15) is 52.7 Å². The monoisotopic (exact) mass is 1520 g/mol. The number of hydrogen-bond acceptors (Lipinski definition) is 3. The quantitative estimate of drug-likeness (QED) is 0.102. The first kappa shape index (κ1) is 67.5. The van der Waals surface area contributed by atoms with E-state index in [4.69, 9.17) is 38.2 Å². The molecule has 0 radical (unpaired) electrons. The molecule has 0 saturated carbocycles. The van der Waals surface area contributed by atoms with Crippen LogP contribution in [0.25, 0.3) is 156 Å². The van der Waals surface area contributed by atoms with E-state index in [1.165, 1.54) is 11.1 Å². The van der Waals surface area contributed by atoms with Crippen molar-refractivity contribution in [2.45, 2.75) is 52.4 Å². The Labute approximate surface area is 617 Å². The summed E-state index contributed by atoms with van der Waals surface area (Å²) in [7, 11) is 0. The molecule has 0 aliphatic rings. The van der Waals surface area contributed by atoms with Crippen molar-refractivity contribution in [2.24, 2.45) is 0 Å². The van der Waals surface area contributed by atoms with Crippen molar-refractivity contribution in [3.05, 3.63) is 355 Å². The zero-order chi connectivity index (χ0) is 68.5. The van der Waals surface area contributed by atoms with Crippen molar-refractivity contribution >= 4 is 23.2 Å². The first-order valence-corrected chi connectivity index (χ1v) is 34.6. The van der Waals surface area contributed by atoms with Crippen molar-refractivity contribution in [3.8, 4) is 156 Å². The summed E-state index contributed by atoms with van der Waals surface area (Å²) in [4.78, 5) is 14.8. The fourth-order valence-corrected chi connectivity index (χ4v) is 14.0. The van der Waals surface area contributed by atoms with Crippen LogP contribution in [0.2, 0.25) is 10.0 Å². The molecule has 0 aliphatic heterocycles. The van der Waals surface area contributed by atoms with Gasteiger partial charge in [0.15, 0.2) is 0 Å². The van der Waals surface area contributed by atoms with Crippen LogP contribution >= 0.6 is 23.2 Å². The fourth-order valence-electron chi connectivity index (χ4n) is 13.6. The van der Waals surface area contributed by atoms with Crippen LogP contribution in [0.3, 0.4) is 0 Å². The second kappa shape index (κ2) is 28.9. The second-order valence-corrected chi connectivity index (χ2v) is 28.5. The van der Waals surface area contributed by atoms with Gasteiger partial charge in [-0.2, -0.15) is 0 Å². The molecule has 0 aliphatic carbocycles. The second-order valence-electron chi connectivity index (χ2n) is 27.6. The number of pyridine rings is 3. The summed E-state index contributed by atoms with van der Waals surface area (Å²) in [5.74, 6) is 0. The van der Waals surface area contributed by atoms with Gasteiger partial charge < -0.3 is 15.0 Å². The van der Waals surface area contributed by atoms with Crippen LogP contribution in [0, 0.1) is 18.2 Å². The van der Waals surface area contributed by atoms with Crippen molar-refractivity contribution in [3.63, 3.8) is 0 Å². The van der Waals surface area contributed by atoms with Crippen LogP contribution < -0.4 is 0 Å². The smallest absolute Gasteiger partial charge is 0.305 e. The molecule has 0 unspecified atom stereocenters. The van der Waals surface area contributed by atoms with Gasteiger partial charge in [-0.25, -0.2) is 0 Å². The molecule has 0 atom stereocenters. The molecule has 0 saturated heterocycles. The van der Waals surface area contributed by atoms with Crippen LogP contribution in [0.5, 0.6) is 0 Å². The minimum atomic E-state index is -0.0846. The average molecular weight is 1520 g/mol. The summed E-state index contributed by atoms with van der Waals surface area (Å²) in [6.07, 6.45) is 5.68. The van der Waals surface area contributed by atoms with E-state index in [0.29, 0.717) is 10.0 Å². The Morgan fingerprint density at radius 3 is 0.941 bits per heavy atom. The zero-order valence-electron chi connectivity index (χ0n) is 57.0. The molecule has 15 rings (SSSR count). The average Bonchev–Trinajstić information content (AvgIpc) is 0.764. The third-order valence-electron chi connectivity index (χ3n) is 18.9. The first-order valence-electron chi connectivity index (χ1n) is 33.9. The van der Waals surface area contributed by atoms with E-state index in [1.807, 2.05) is 73.2 Å². The van der Waals surface area contributed by atoms with Crippen LogP contribution in [-0.4, -0.2) is 15.0 Å². The summed E-state index contributed by atoms with van der Waals surface area (Å²) in [6.45, 7) is 13.4. The van der Waals surface area contributed by atoms with E-state index in [9.17, 15) is 0 Å². The largest absolute Gasteiger partial charge is 3.00 e. The van der Waals surface area contributed by atoms with E-state index >= 15 is 0 Å².